The standard InChI is InChI=1S/C16H23N3O2/c1-16(2,3)14(17)15(21)18-11-6-8-12(9-7-11)19-10-4-5-13(19)20/h6-9,14H,4-5,10,17H2,1-3H3,(H,18,21)/t14-/m0/s1. The SMILES string of the molecule is CC(C)(C)[C@@H](N)C(=O)Nc1ccc(N2CCCC2=O)cc1. The number of nitrogens with zero attached hydrogens (tertiary/aromatic N) is 1. The minimum absolute atomic E-state index is 0.154. The second-order valence-electron chi connectivity index (χ2n) is 6.53. The number of hydrogen-bond acceptors (Lipinski definition) is 3. The van der Waals surface area contributed by atoms with Gasteiger partial charge in [-0.05, 0) is 36.1 Å². The lowest BCUT2D eigenvalue weighted by molar-refractivity contribution is -0.119. The van der Waals surface area contributed by atoms with E-state index in [0.29, 0.717) is 12.1 Å². The number of anilines is 2. The molecule has 1 saturated heterocycles. The van der Waals surface area contributed by atoms with Crippen LogP contribution in [0.3, 0.4) is 0 Å². The van der Waals surface area contributed by atoms with Gasteiger partial charge in [-0.3, -0.25) is 9.59 Å². The second-order valence-corrected chi connectivity index (χ2v) is 6.53. The molecule has 1 aromatic carbocycles. The van der Waals surface area contributed by atoms with Crippen molar-refractivity contribution < 1.29 is 9.59 Å². The predicted octanol–water partition coefficient (Wildman–Crippen LogP) is 2.13. The molecule has 3 N–H and O–H groups in total. The second kappa shape index (κ2) is 5.85. The number of hydrogen-bond donors (Lipinski definition) is 2. The van der Waals surface area contributed by atoms with Crippen molar-refractivity contribution in [1.29, 1.82) is 0 Å². The fourth-order valence-corrected chi connectivity index (χ4v) is 2.26. The maximum absolute atomic E-state index is 12.1. The van der Waals surface area contributed by atoms with Gasteiger partial charge in [-0.2, -0.15) is 0 Å². The maximum atomic E-state index is 12.1. The molecule has 0 aliphatic carbocycles. The smallest absolute Gasteiger partial charge is 0.241 e. The van der Waals surface area contributed by atoms with Gasteiger partial charge in [0.15, 0.2) is 0 Å². The number of carbonyl (C=O) groups is 2. The zero-order chi connectivity index (χ0) is 15.6. The van der Waals surface area contributed by atoms with E-state index in [1.807, 2.05) is 32.9 Å². The Kier molecular flexibility index (Phi) is 4.32. The molecule has 2 rings (SSSR count). The molecule has 0 radical (unpaired) electrons. The number of rotatable bonds is 3. The molecule has 0 bridgehead atoms. The third-order valence-corrected chi connectivity index (χ3v) is 3.74. The third kappa shape index (κ3) is 3.61. The molecule has 0 saturated carbocycles. The lowest BCUT2D eigenvalue weighted by atomic mass is 9.87. The topological polar surface area (TPSA) is 75.4 Å². The van der Waals surface area contributed by atoms with Gasteiger partial charge >= 0.3 is 0 Å². The van der Waals surface area contributed by atoms with E-state index in [4.69, 9.17) is 5.73 Å². The molecular formula is C16H23N3O2. The van der Waals surface area contributed by atoms with E-state index in [1.165, 1.54) is 0 Å². The van der Waals surface area contributed by atoms with Gasteiger partial charge in [0.05, 0.1) is 6.04 Å². The lowest BCUT2D eigenvalue weighted by Crippen LogP contribution is -2.45. The van der Waals surface area contributed by atoms with Crippen molar-refractivity contribution in [3.05, 3.63) is 24.3 Å². The Hall–Kier alpha value is -1.88. The zero-order valence-electron chi connectivity index (χ0n) is 12.8. The van der Waals surface area contributed by atoms with E-state index in [9.17, 15) is 9.59 Å². The van der Waals surface area contributed by atoms with E-state index in [-0.39, 0.29) is 17.2 Å². The summed E-state index contributed by atoms with van der Waals surface area (Å²) in [4.78, 5) is 25.5. The van der Waals surface area contributed by atoms with Crippen LogP contribution in [0.2, 0.25) is 0 Å². The Balaban J connectivity index is 2.03. The summed E-state index contributed by atoms with van der Waals surface area (Å²) in [7, 11) is 0. The van der Waals surface area contributed by atoms with E-state index in [0.717, 1.165) is 18.7 Å². The fourth-order valence-electron chi connectivity index (χ4n) is 2.26. The molecular weight excluding hydrogens is 266 g/mol. The van der Waals surface area contributed by atoms with Crippen molar-refractivity contribution in [3.63, 3.8) is 0 Å². The van der Waals surface area contributed by atoms with E-state index < -0.39 is 6.04 Å². The number of amides is 2. The van der Waals surface area contributed by atoms with Crippen LogP contribution in [0, 0.1) is 5.41 Å². The van der Waals surface area contributed by atoms with Gasteiger partial charge in [0.1, 0.15) is 0 Å². The van der Waals surface area contributed by atoms with Crippen molar-refractivity contribution in [2.24, 2.45) is 11.1 Å². The molecule has 5 heteroatoms. The Bertz CT molecular complexity index is 531. The van der Waals surface area contributed by atoms with Crippen LogP contribution >= 0.6 is 0 Å². The number of benzene rings is 1. The van der Waals surface area contributed by atoms with Crippen LogP contribution in [0.1, 0.15) is 33.6 Å². The molecule has 114 valence electrons. The largest absolute Gasteiger partial charge is 0.325 e. The van der Waals surface area contributed by atoms with Crippen molar-refractivity contribution in [2.45, 2.75) is 39.7 Å². The number of nitrogens with one attached hydrogen (secondary N) is 1. The van der Waals surface area contributed by atoms with Gasteiger partial charge in [-0.25, -0.2) is 0 Å². The van der Waals surface area contributed by atoms with Crippen LogP contribution < -0.4 is 16.0 Å². The molecule has 5 nitrogen and oxygen atoms in total. The van der Waals surface area contributed by atoms with Crippen molar-refractivity contribution in [3.8, 4) is 0 Å². The first-order valence-electron chi connectivity index (χ1n) is 7.26. The Morgan fingerprint density at radius 1 is 1.29 bits per heavy atom. The van der Waals surface area contributed by atoms with Crippen LogP contribution in [0.5, 0.6) is 0 Å². The summed E-state index contributed by atoms with van der Waals surface area (Å²) >= 11 is 0. The molecule has 1 aliphatic rings. The number of nitrogens with two attached hydrogens (primary N) is 1. The zero-order valence-corrected chi connectivity index (χ0v) is 12.8. The molecule has 0 aromatic heterocycles. The third-order valence-electron chi connectivity index (χ3n) is 3.74. The summed E-state index contributed by atoms with van der Waals surface area (Å²) in [6, 6.07) is 6.73. The minimum Gasteiger partial charge on any atom is -0.325 e. The monoisotopic (exact) mass is 289 g/mol. The highest BCUT2D eigenvalue weighted by molar-refractivity contribution is 5.97. The van der Waals surface area contributed by atoms with Crippen LogP contribution in [-0.4, -0.2) is 24.4 Å². The van der Waals surface area contributed by atoms with Gasteiger partial charge in [-0.15, -0.1) is 0 Å². The van der Waals surface area contributed by atoms with Gasteiger partial charge < -0.3 is 16.0 Å². The van der Waals surface area contributed by atoms with Crippen LogP contribution in [0.15, 0.2) is 24.3 Å². The molecule has 1 heterocycles. The molecule has 21 heavy (non-hydrogen) atoms. The first-order valence-corrected chi connectivity index (χ1v) is 7.26. The Labute approximate surface area is 125 Å². The average molecular weight is 289 g/mol. The van der Waals surface area contributed by atoms with Crippen LogP contribution in [-0.2, 0) is 9.59 Å². The van der Waals surface area contributed by atoms with Crippen molar-refractivity contribution in [2.75, 3.05) is 16.8 Å². The van der Waals surface area contributed by atoms with Gasteiger partial charge in [-0.1, -0.05) is 20.8 Å². The summed E-state index contributed by atoms with van der Waals surface area (Å²) in [5, 5.41) is 2.81. The van der Waals surface area contributed by atoms with Crippen molar-refractivity contribution >= 4 is 23.2 Å². The predicted molar refractivity (Wildman–Crippen MR) is 84.1 cm³/mol. The summed E-state index contributed by atoms with van der Waals surface area (Å²) in [5.41, 5.74) is 7.20. The van der Waals surface area contributed by atoms with Gasteiger partial charge in [0.25, 0.3) is 0 Å². The van der Waals surface area contributed by atoms with Gasteiger partial charge in [0, 0.05) is 24.3 Å². The number of carbonyl (C=O) groups excluding carboxylic acids is 2. The molecule has 1 atom stereocenters. The van der Waals surface area contributed by atoms with E-state index >= 15 is 0 Å². The average Bonchev–Trinajstić information content (AvgIpc) is 2.84. The summed E-state index contributed by atoms with van der Waals surface area (Å²) in [6.07, 6.45) is 1.51. The van der Waals surface area contributed by atoms with Gasteiger partial charge in [0.2, 0.25) is 11.8 Å². The first kappa shape index (κ1) is 15.5. The normalized spacial score (nSPS) is 17.0. The Morgan fingerprint density at radius 3 is 2.38 bits per heavy atom. The fraction of sp³-hybridized carbons (Fsp3) is 0.500. The molecule has 0 spiro atoms. The lowest BCUT2D eigenvalue weighted by Gasteiger charge is -2.26. The van der Waals surface area contributed by atoms with Crippen molar-refractivity contribution in [1.82, 2.24) is 0 Å². The highest BCUT2D eigenvalue weighted by atomic mass is 16.2. The molecule has 0 unspecified atom stereocenters. The maximum Gasteiger partial charge on any atom is 0.241 e. The first-order chi connectivity index (χ1) is 9.79. The van der Waals surface area contributed by atoms with Crippen LogP contribution in [0.4, 0.5) is 11.4 Å². The Morgan fingerprint density at radius 2 is 1.90 bits per heavy atom. The van der Waals surface area contributed by atoms with E-state index in [2.05, 4.69) is 5.32 Å². The van der Waals surface area contributed by atoms with Crippen LogP contribution in [0.25, 0.3) is 0 Å². The molecule has 1 fully saturated rings. The van der Waals surface area contributed by atoms with E-state index in [1.54, 1.807) is 17.0 Å². The molecule has 2 amide bonds. The quantitative estimate of drug-likeness (QED) is 0.895. The highest BCUT2D eigenvalue weighted by Gasteiger charge is 2.27. The summed E-state index contributed by atoms with van der Waals surface area (Å²) in [5.74, 6) is -0.0472. The highest BCUT2D eigenvalue weighted by Crippen LogP contribution is 2.24. The molecule has 1 aromatic rings. The minimum atomic E-state index is -0.572. The molecule has 1 aliphatic heterocycles. The summed E-state index contributed by atoms with van der Waals surface area (Å²) in [6.45, 7) is 6.55. The summed E-state index contributed by atoms with van der Waals surface area (Å²) < 4.78 is 0.